The molecule has 0 aliphatic carbocycles. The average Bonchev–Trinajstić information content (AvgIpc) is 2.03. The molecule has 0 aliphatic rings. The van der Waals surface area contributed by atoms with E-state index in [0.717, 1.165) is 6.42 Å². The van der Waals surface area contributed by atoms with Gasteiger partial charge in [-0.1, -0.05) is 55.1 Å². The van der Waals surface area contributed by atoms with Gasteiger partial charge in [-0.25, -0.2) is 0 Å². The van der Waals surface area contributed by atoms with Crippen molar-refractivity contribution < 1.29 is 0 Å². The Morgan fingerprint density at radius 3 is 2.36 bits per heavy atom. The lowest BCUT2D eigenvalue weighted by Crippen LogP contribution is -1.73. The van der Waals surface area contributed by atoms with Gasteiger partial charge in [-0.15, -0.1) is 0 Å². The minimum Gasteiger partial charge on any atom is -0.0831 e. The van der Waals surface area contributed by atoms with E-state index >= 15 is 0 Å². The first kappa shape index (κ1) is 11.1. The third kappa shape index (κ3) is 5.34. The number of rotatable bonds is 4. The molecule has 0 radical (unpaired) electrons. The van der Waals surface area contributed by atoms with Gasteiger partial charge < -0.3 is 0 Å². The molecule has 0 unspecified atom stereocenters. The standard InChI is InChI=1S/C9H14Cl2/c1-3-5-6-7-9(11)8(10)4-2/h4,7H,3,5-6H2,1-2H3. The maximum atomic E-state index is 5.83. The number of unbranched alkanes of at least 4 members (excludes halogenated alkanes) is 2. The Hall–Kier alpha value is 0.0600. The summed E-state index contributed by atoms with van der Waals surface area (Å²) in [5.74, 6) is 0. The molecule has 0 aromatic heterocycles. The average molecular weight is 193 g/mol. The first-order valence-corrected chi connectivity index (χ1v) is 4.65. The highest BCUT2D eigenvalue weighted by atomic mass is 35.5. The molecule has 64 valence electrons. The van der Waals surface area contributed by atoms with Crippen LogP contribution < -0.4 is 0 Å². The van der Waals surface area contributed by atoms with Crippen molar-refractivity contribution in [2.45, 2.75) is 33.1 Å². The molecule has 0 spiro atoms. The second kappa shape index (κ2) is 6.75. The summed E-state index contributed by atoms with van der Waals surface area (Å²) in [4.78, 5) is 0. The van der Waals surface area contributed by atoms with E-state index in [1.165, 1.54) is 12.8 Å². The minimum absolute atomic E-state index is 0.641. The number of hydrogen-bond acceptors (Lipinski definition) is 0. The van der Waals surface area contributed by atoms with Crippen LogP contribution in [0, 0.1) is 0 Å². The van der Waals surface area contributed by atoms with Gasteiger partial charge in [0.2, 0.25) is 0 Å². The SMILES string of the molecule is CC=C(Cl)C(Cl)=CCCCC. The van der Waals surface area contributed by atoms with E-state index < -0.39 is 0 Å². The second-order valence-electron chi connectivity index (χ2n) is 2.33. The van der Waals surface area contributed by atoms with Crippen molar-refractivity contribution in [2.75, 3.05) is 0 Å². The molecule has 0 aromatic rings. The number of allylic oxidation sites excluding steroid dienone is 4. The van der Waals surface area contributed by atoms with Crippen molar-refractivity contribution in [2.24, 2.45) is 0 Å². The summed E-state index contributed by atoms with van der Waals surface area (Å²) in [6, 6.07) is 0. The summed E-state index contributed by atoms with van der Waals surface area (Å²) >= 11 is 11.6. The van der Waals surface area contributed by atoms with Crippen molar-refractivity contribution in [3.05, 3.63) is 22.2 Å². The molecule has 0 rings (SSSR count). The van der Waals surface area contributed by atoms with Crippen molar-refractivity contribution >= 4 is 23.2 Å². The van der Waals surface area contributed by atoms with Crippen molar-refractivity contribution in [3.8, 4) is 0 Å². The third-order valence-corrected chi connectivity index (χ3v) is 2.24. The van der Waals surface area contributed by atoms with Gasteiger partial charge in [-0.2, -0.15) is 0 Å². The first-order valence-electron chi connectivity index (χ1n) is 3.90. The molecule has 0 aliphatic heterocycles. The summed E-state index contributed by atoms with van der Waals surface area (Å²) in [5, 5.41) is 1.31. The fourth-order valence-corrected chi connectivity index (χ4v) is 0.964. The van der Waals surface area contributed by atoms with Gasteiger partial charge in [-0.3, -0.25) is 0 Å². The lowest BCUT2D eigenvalue weighted by atomic mass is 10.2. The summed E-state index contributed by atoms with van der Waals surface area (Å²) < 4.78 is 0. The van der Waals surface area contributed by atoms with Crippen LogP contribution >= 0.6 is 23.2 Å². The van der Waals surface area contributed by atoms with Crippen molar-refractivity contribution in [3.63, 3.8) is 0 Å². The predicted octanol–water partition coefficient (Wildman–Crippen LogP) is 4.44. The maximum absolute atomic E-state index is 5.83. The zero-order valence-electron chi connectivity index (χ0n) is 7.03. The highest BCUT2D eigenvalue weighted by molar-refractivity contribution is 6.43. The molecule has 0 amide bonds. The maximum Gasteiger partial charge on any atom is 0.0549 e. The summed E-state index contributed by atoms with van der Waals surface area (Å²) in [6.07, 6.45) is 7.14. The van der Waals surface area contributed by atoms with E-state index in [-0.39, 0.29) is 0 Å². The van der Waals surface area contributed by atoms with Gasteiger partial charge in [0.25, 0.3) is 0 Å². The second-order valence-corrected chi connectivity index (χ2v) is 3.15. The van der Waals surface area contributed by atoms with E-state index in [4.69, 9.17) is 23.2 Å². The van der Waals surface area contributed by atoms with Crippen LogP contribution in [0.5, 0.6) is 0 Å². The zero-order valence-corrected chi connectivity index (χ0v) is 8.54. The van der Waals surface area contributed by atoms with Gasteiger partial charge in [0, 0.05) is 0 Å². The predicted molar refractivity (Wildman–Crippen MR) is 53.1 cm³/mol. The molecule has 0 nitrogen and oxygen atoms in total. The summed E-state index contributed by atoms with van der Waals surface area (Å²) in [7, 11) is 0. The molecule has 0 N–H and O–H groups in total. The largest absolute Gasteiger partial charge is 0.0831 e. The zero-order chi connectivity index (χ0) is 8.69. The van der Waals surface area contributed by atoms with Gasteiger partial charge in [-0.05, 0) is 13.3 Å². The van der Waals surface area contributed by atoms with Crippen LogP contribution in [-0.2, 0) is 0 Å². The van der Waals surface area contributed by atoms with Gasteiger partial charge in [0.15, 0.2) is 0 Å². The lowest BCUT2D eigenvalue weighted by Gasteiger charge is -1.94. The fraction of sp³-hybridized carbons (Fsp3) is 0.556. The van der Waals surface area contributed by atoms with Crippen LogP contribution in [-0.4, -0.2) is 0 Å². The van der Waals surface area contributed by atoms with Gasteiger partial charge in [0.05, 0.1) is 10.1 Å². The topological polar surface area (TPSA) is 0 Å². The smallest absolute Gasteiger partial charge is 0.0549 e. The highest BCUT2D eigenvalue weighted by Gasteiger charge is 1.94. The molecular formula is C9H14Cl2. The number of halogens is 2. The molecular weight excluding hydrogens is 179 g/mol. The minimum atomic E-state index is 0.641. The molecule has 0 atom stereocenters. The van der Waals surface area contributed by atoms with E-state index in [9.17, 15) is 0 Å². The van der Waals surface area contributed by atoms with E-state index in [1.54, 1.807) is 6.08 Å². The lowest BCUT2D eigenvalue weighted by molar-refractivity contribution is 0.814. The fourth-order valence-electron chi connectivity index (χ4n) is 0.668. The van der Waals surface area contributed by atoms with Crippen molar-refractivity contribution in [1.82, 2.24) is 0 Å². The first-order chi connectivity index (χ1) is 5.22. The Morgan fingerprint density at radius 2 is 1.91 bits per heavy atom. The van der Waals surface area contributed by atoms with Crippen LogP contribution in [0.25, 0.3) is 0 Å². The van der Waals surface area contributed by atoms with Crippen molar-refractivity contribution in [1.29, 1.82) is 0 Å². The third-order valence-electron chi connectivity index (χ3n) is 1.36. The molecule has 2 heteroatoms. The van der Waals surface area contributed by atoms with Crippen LogP contribution in [0.15, 0.2) is 22.2 Å². The Bertz CT molecular complexity index is 157. The van der Waals surface area contributed by atoms with Gasteiger partial charge in [0.1, 0.15) is 0 Å². The quantitative estimate of drug-likeness (QED) is 0.457. The molecule has 0 aromatic carbocycles. The van der Waals surface area contributed by atoms with Crippen LogP contribution in [0.1, 0.15) is 33.1 Å². The van der Waals surface area contributed by atoms with E-state index in [2.05, 4.69) is 6.92 Å². The Morgan fingerprint density at radius 1 is 1.27 bits per heavy atom. The van der Waals surface area contributed by atoms with E-state index in [1.807, 2.05) is 13.0 Å². The number of hydrogen-bond donors (Lipinski definition) is 0. The molecule has 0 saturated carbocycles. The monoisotopic (exact) mass is 192 g/mol. The van der Waals surface area contributed by atoms with Gasteiger partial charge >= 0.3 is 0 Å². The highest BCUT2D eigenvalue weighted by Crippen LogP contribution is 2.19. The molecule has 0 saturated heterocycles. The van der Waals surface area contributed by atoms with Crippen LogP contribution in [0.2, 0.25) is 0 Å². The Balaban J connectivity index is 3.81. The molecule has 11 heavy (non-hydrogen) atoms. The van der Waals surface area contributed by atoms with Crippen LogP contribution in [0.4, 0.5) is 0 Å². The molecule has 0 fully saturated rings. The van der Waals surface area contributed by atoms with E-state index in [0.29, 0.717) is 10.1 Å². The molecule has 0 bridgehead atoms. The normalized spacial score (nSPS) is 13.8. The Kier molecular flexibility index (Phi) is 6.79. The summed E-state index contributed by atoms with van der Waals surface area (Å²) in [5.41, 5.74) is 0. The summed E-state index contributed by atoms with van der Waals surface area (Å²) in [6.45, 7) is 4.03. The Labute approximate surface area is 78.9 Å². The molecule has 0 heterocycles. The van der Waals surface area contributed by atoms with Crippen LogP contribution in [0.3, 0.4) is 0 Å².